The highest BCUT2D eigenvalue weighted by atomic mass is 16.5. The van der Waals surface area contributed by atoms with E-state index in [-0.39, 0.29) is 24.1 Å². The minimum Gasteiger partial charge on any atom is -0.481 e. The van der Waals surface area contributed by atoms with Crippen LogP contribution in [0.1, 0.15) is 23.3 Å². The van der Waals surface area contributed by atoms with Crippen molar-refractivity contribution in [2.24, 2.45) is 11.3 Å². The number of likely N-dealkylation sites (tertiary alicyclic amines) is 2. The van der Waals surface area contributed by atoms with Crippen molar-refractivity contribution in [3.8, 4) is 0 Å². The Morgan fingerprint density at radius 2 is 2.04 bits per heavy atom. The Morgan fingerprint density at radius 1 is 1.24 bits per heavy atom. The van der Waals surface area contributed by atoms with Crippen molar-refractivity contribution in [3.63, 3.8) is 0 Å². The Kier molecular flexibility index (Phi) is 4.16. The van der Waals surface area contributed by atoms with E-state index in [9.17, 15) is 14.7 Å². The van der Waals surface area contributed by atoms with Crippen LogP contribution < -0.4 is 0 Å². The highest BCUT2D eigenvalue weighted by molar-refractivity contribution is 5.93. The van der Waals surface area contributed by atoms with E-state index in [4.69, 9.17) is 4.74 Å². The van der Waals surface area contributed by atoms with Gasteiger partial charge in [-0.2, -0.15) is 5.10 Å². The van der Waals surface area contributed by atoms with Crippen LogP contribution >= 0.6 is 0 Å². The molecular weight excluding hydrogens is 324 g/mol. The fourth-order valence-corrected chi connectivity index (χ4v) is 4.47. The first-order valence-electron chi connectivity index (χ1n) is 8.72. The Bertz CT molecular complexity index is 664. The zero-order valence-corrected chi connectivity index (χ0v) is 14.0. The molecule has 134 valence electrons. The predicted molar refractivity (Wildman–Crippen MR) is 86.9 cm³/mol. The first-order valence-corrected chi connectivity index (χ1v) is 8.72. The predicted octanol–water partition coefficient (Wildman–Crippen LogP) is 0.114. The third-order valence-corrected chi connectivity index (χ3v) is 5.85. The molecule has 1 amide bonds. The number of fused-ring (bicyclic) bond motifs is 1. The molecule has 1 N–H and O–H groups in total. The number of hydrogen-bond acceptors (Lipinski definition) is 6. The van der Waals surface area contributed by atoms with Crippen LogP contribution in [0.4, 0.5) is 0 Å². The monoisotopic (exact) mass is 346 g/mol. The summed E-state index contributed by atoms with van der Waals surface area (Å²) in [6.07, 6.45) is 3.41. The highest BCUT2D eigenvalue weighted by Gasteiger charge is 2.59. The van der Waals surface area contributed by atoms with Gasteiger partial charge in [0.05, 0.1) is 0 Å². The lowest BCUT2D eigenvalue weighted by Gasteiger charge is -2.33. The van der Waals surface area contributed by atoms with Crippen molar-refractivity contribution in [2.75, 3.05) is 39.4 Å². The van der Waals surface area contributed by atoms with Gasteiger partial charge in [0.15, 0.2) is 5.69 Å². The van der Waals surface area contributed by atoms with E-state index in [2.05, 4.69) is 15.1 Å². The number of carboxylic acid groups (broad SMARTS) is 1. The molecule has 1 aromatic rings. The molecule has 8 nitrogen and oxygen atoms in total. The topological polar surface area (TPSA) is 95.9 Å². The maximum absolute atomic E-state index is 12.6. The number of carboxylic acids is 1. The summed E-state index contributed by atoms with van der Waals surface area (Å²) in [7, 11) is 0. The van der Waals surface area contributed by atoms with E-state index < -0.39 is 11.4 Å². The standard InChI is InChI=1S/C17H22N4O4/c22-15(14-2-1-5-18-19-14)21-9-12-8-20(13-3-6-25-7-4-13)10-17(12,11-21)16(23)24/h1-2,5,12-13H,3-4,6-11H2,(H,23,24)/t12-,17-/m1/s1. The quantitative estimate of drug-likeness (QED) is 0.830. The summed E-state index contributed by atoms with van der Waals surface area (Å²) in [5, 5.41) is 17.5. The molecule has 0 aliphatic carbocycles. The van der Waals surface area contributed by atoms with Crippen LogP contribution in [0, 0.1) is 11.3 Å². The first-order chi connectivity index (χ1) is 12.1. The van der Waals surface area contributed by atoms with Crippen LogP contribution in [0.3, 0.4) is 0 Å². The van der Waals surface area contributed by atoms with Crippen molar-refractivity contribution in [1.29, 1.82) is 0 Å². The summed E-state index contributed by atoms with van der Waals surface area (Å²) in [6.45, 7) is 3.40. The summed E-state index contributed by atoms with van der Waals surface area (Å²) in [4.78, 5) is 28.7. The van der Waals surface area contributed by atoms with Gasteiger partial charge >= 0.3 is 5.97 Å². The second-order valence-corrected chi connectivity index (χ2v) is 7.23. The van der Waals surface area contributed by atoms with Gasteiger partial charge in [0, 0.05) is 57.5 Å². The lowest BCUT2D eigenvalue weighted by molar-refractivity contribution is -0.148. The van der Waals surface area contributed by atoms with Crippen LogP contribution in [-0.4, -0.2) is 82.4 Å². The fraction of sp³-hybridized carbons (Fsp3) is 0.647. The average Bonchev–Trinajstić information content (AvgIpc) is 3.18. The molecule has 4 rings (SSSR count). The van der Waals surface area contributed by atoms with Crippen LogP contribution in [0.5, 0.6) is 0 Å². The van der Waals surface area contributed by atoms with Crippen LogP contribution in [0.2, 0.25) is 0 Å². The number of amides is 1. The van der Waals surface area contributed by atoms with Crippen molar-refractivity contribution >= 4 is 11.9 Å². The number of carbonyl (C=O) groups is 2. The number of rotatable bonds is 3. The molecule has 3 saturated heterocycles. The van der Waals surface area contributed by atoms with Crippen LogP contribution in [0.25, 0.3) is 0 Å². The Labute approximate surface area is 145 Å². The molecule has 2 atom stereocenters. The van der Waals surface area contributed by atoms with Gasteiger partial charge in [0.25, 0.3) is 5.91 Å². The molecular formula is C17H22N4O4. The second kappa shape index (κ2) is 6.34. The minimum atomic E-state index is -0.879. The molecule has 0 bridgehead atoms. The summed E-state index contributed by atoms with van der Waals surface area (Å²) < 4.78 is 5.41. The molecule has 0 unspecified atom stereocenters. The second-order valence-electron chi connectivity index (χ2n) is 7.23. The van der Waals surface area contributed by atoms with E-state index in [0.29, 0.717) is 19.1 Å². The zero-order chi connectivity index (χ0) is 17.4. The molecule has 0 radical (unpaired) electrons. The molecule has 1 aromatic heterocycles. The SMILES string of the molecule is O=C(c1cccnn1)N1C[C@H]2CN(C3CCOCC3)C[C@@]2(C(=O)O)C1. The van der Waals surface area contributed by atoms with Crippen LogP contribution in [-0.2, 0) is 9.53 Å². The number of ether oxygens (including phenoxy) is 1. The number of aliphatic carboxylic acids is 1. The number of carbonyl (C=O) groups excluding carboxylic acids is 1. The molecule has 3 fully saturated rings. The molecule has 4 heterocycles. The van der Waals surface area contributed by atoms with E-state index in [1.807, 2.05) is 0 Å². The van der Waals surface area contributed by atoms with Crippen molar-refractivity contribution in [1.82, 2.24) is 20.0 Å². The molecule has 0 spiro atoms. The van der Waals surface area contributed by atoms with Gasteiger partial charge < -0.3 is 14.7 Å². The smallest absolute Gasteiger partial charge is 0.313 e. The van der Waals surface area contributed by atoms with Gasteiger partial charge in [-0.05, 0) is 25.0 Å². The fourth-order valence-electron chi connectivity index (χ4n) is 4.47. The Morgan fingerprint density at radius 3 is 2.68 bits per heavy atom. The number of aromatic nitrogens is 2. The summed E-state index contributed by atoms with van der Waals surface area (Å²) >= 11 is 0. The van der Waals surface area contributed by atoms with E-state index >= 15 is 0 Å². The van der Waals surface area contributed by atoms with E-state index in [1.165, 1.54) is 6.20 Å². The molecule has 8 heteroatoms. The van der Waals surface area contributed by atoms with Gasteiger partial charge in [0.1, 0.15) is 5.41 Å². The lowest BCUT2D eigenvalue weighted by atomic mass is 9.81. The van der Waals surface area contributed by atoms with Crippen molar-refractivity contribution in [3.05, 3.63) is 24.0 Å². The van der Waals surface area contributed by atoms with Crippen molar-refractivity contribution in [2.45, 2.75) is 18.9 Å². The van der Waals surface area contributed by atoms with Gasteiger partial charge in [-0.15, -0.1) is 5.10 Å². The van der Waals surface area contributed by atoms with E-state index in [0.717, 1.165) is 32.6 Å². The Hall–Kier alpha value is -2.06. The molecule has 3 aliphatic heterocycles. The maximum atomic E-state index is 12.6. The normalized spacial score (nSPS) is 30.4. The third kappa shape index (κ3) is 2.79. The number of nitrogens with zero attached hydrogens (tertiary/aromatic N) is 4. The number of hydrogen-bond donors (Lipinski definition) is 1. The third-order valence-electron chi connectivity index (χ3n) is 5.85. The Balaban J connectivity index is 1.51. The summed E-state index contributed by atoms with van der Waals surface area (Å²) in [6, 6.07) is 3.67. The van der Waals surface area contributed by atoms with Crippen molar-refractivity contribution < 1.29 is 19.4 Å². The maximum Gasteiger partial charge on any atom is 0.313 e. The molecule has 0 aromatic carbocycles. The van der Waals surface area contributed by atoms with Crippen LogP contribution in [0.15, 0.2) is 18.3 Å². The lowest BCUT2D eigenvalue weighted by Crippen LogP contribution is -2.45. The largest absolute Gasteiger partial charge is 0.481 e. The highest BCUT2D eigenvalue weighted by Crippen LogP contribution is 2.44. The van der Waals surface area contributed by atoms with Gasteiger partial charge in [-0.1, -0.05) is 0 Å². The van der Waals surface area contributed by atoms with Gasteiger partial charge in [-0.3, -0.25) is 14.5 Å². The average molecular weight is 346 g/mol. The van der Waals surface area contributed by atoms with Gasteiger partial charge in [-0.25, -0.2) is 0 Å². The minimum absolute atomic E-state index is 0.0477. The van der Waals surface area contributed by atoms with Gasteiger partial charge in [0.2, 0.25) is 0 Å². The summed E-state index contributed by atoms with van der Waals surface area (Å²) in [5.74, 6) is -1.09. The first kappa shape index (κ1) is 16.4. The zero-order valence-electron chi connectivity index (χ0n) is 14.0. The van der Waals surface area contributed by atoms with E-state index in [1.54, 1.807) is 17.0 Å². The summed E-state index contributed by atoms with van der Waals surface area (Å²) in [5.41, 5.74) is -0.611. The molecule has 25 heavy (non-hydrogen) atoms. The molecule has 0 saturated carbocycles. The molecule has 3 aliphatic rings.